The molecule has 0 amide bonds. The second-order valence-corrected chi connectivity index (χ2v) is 7.08. The van der Waals surface area contributed by atoms with Gasteiger partial charge in [-0.15, -0.1) is 0 Å². The van der Waals surface area contributed by atoms with E-state index in [1.54, 1.807) is 20.8 Å². The Balaban J connectivity index is 2.73. The van der Waals surface area contributed by atoms with Crippen molar-refractivity contribution in [2.24, 2.45) is 0 Å². The van der Waals surface area contributed by atoms with E-state index in [9.17, 15) is 9.00 Å². The normalized spacial score (nSPS) is 15.1. The number of benzene rings is 1. The summed E-state index contributed by atoms with van der Waals surface area (Å²) in [7, 11) is -1.39. The average molecular weight is 269 g/mol. The molecule has 0 saturated heterocycles. The standard InChI is InChI=1S/C13H19NO3S/c1-13(2,3)18(17)14-11(12(15)16)9-10-7-5-4-6-8-10/h4-8,11,14H,9H2,1-3H3,(H,15,16)/t11-,18?/m0/s1. The van der Waals surface area contributed by atoms with Gasteiger partial charge in [-0.25, -0.2) is 8.93 Å². The number of carbonyl (C=O) groups is 1. The number of hydrogen-bond acceptors (Lipinski definition) is 2. The van der Waals surface area contributed by atoms with Crippen LogP contribution in [-0.2, 0) is 22.2 Å². The number of nitrogens with one attached hydrogen (secondary N) is 1. The van der Waals surface area contributed by atoms with Crippen LogP contribution in [0.2, 0.25) is 0 Å². The Bertz CT molecular complexity index is 426. The maximum atomic E-state index is 11.9. The molecule has 0 aliphatic rings. The third-order valence-corrected chi connectivity index (χ3v) is 4.00. The lowest BCUT2D eigenvalue weighted by Gasteiger charge is -2.22. The highest BCUT2D eigenvalue weighted by atomic mass is 32.2. The monoisotopic (exact) mass is 269 g/mol. The first kappa shape index (κ1) is 14.9. The van der Waals surface area contributed by atoms with Crippen molar-refractivity contribution in [1.29, 1.82) is 0 Å². The van der Waals surface area contributed by atoms with Crippen LogP contribution in [0.5, 0.6) is 0 Å². The summed E-state index contributed by atoms with van der Waals surface area (Å²) in [6, 6.07) is 8.46. The molecule has 0 bridgehead atoms. The molecule has 0 aliphatic heterocycles. The predicted molar refractivity (Wildman–Crippen MR) is 72.6 cm³/mol. The van der Waals surface area contributed by atoms with Crippen molar-refractivity contribution >= 4 is 17.0 Å². The van der Waals surface area contributed by atoms with Gasteiger partial charge in [-0.1, -0.05) is 30.3 Å². The van der Waals surface area contributed by atoms with Gasteiger partial charge in [-0.2, -0.15) is 0 Å². The summed E-state index contributed by atoms with van der Waals surface area (Å²) in [4.78, 5) is 11.2. The molecule has 4 nitrogen and oxygen atoms in total. The Morgan fingerprint density at radius 3 is 2.33 bits per heavy atom. The number of hydrogen-bond donors (Lipinski definition) is 2. The van der Waals surface area contributed by atoms with E-state index < -0.39 is 27.7 Å². The summed E-state index contributed by atoms with van der Waals surface area (Å²) in [5, 5.41) is 9.15. The van der Waals surface area contributed by atoms with Crippen LogP contribution in [0, 0.1) is 0 Å². The van der Waals surface area contributed by atoms with E-state index in [2.05, 4.69) is 4.72 Å². The Kier molecular flexibility index (Phi) is 5.04. The van der Waals surface area contributed by atoms with Crippen LogP contribution in [-0.4, -0.2) is 26.1 Å². The van der Waals surface area contributed by atoms with Crippen molar-refractivity contribution in [3.8, 4) is 0 Å². The van der Waals surface area contributed by atoms with Gasteiger partial charge in [0.2, 0.25) is 0 Å². The molecular weight excluding hydrogens is 250 g/mol. The molecule has 0 spiro atoms. The molecule has 0 saturated carbocycles. The van der Waals surface area contributed by atoms with E-state index in [0.717, 1.165) is 5.56 Å². The average Bonchev–Trinajstić information content (AvgIpc) is 2.28. The lowest BCUT2D eigenvalue weighted by molar-refractivity contribution is -0.138. The second-order valence-electron chi connectivity index (χ2n) is 5.08. The summed E-state index contributed by atoms with van der Waals surface area (Å²) < 4.78 is 14.1. The smallest absolute Gasteiger partial charge is 0.321 e. The predicted octanol–water partition coefficient (Wildman–Crippen LogP) is 1.73. The fourth-order valence-electron chi connectivity index (χ4n) is 1.34. The van der Waals surface area contributed by atoms with Gasteiger partial charge < -0.3 is 5.11 Å². The van der Waals surface area contributed by atoms with Crippen molar-refractivity contribution in [3.05, 3.63) is 35.9 Å². The lowest BCUT2D eigenvalue weighted by atomic mass is 10.1. The molecule has 100 valence electrons. The third-order valence-electron chi connectivity index (χ3n) is 2.39. The summed E-state index contributed by atoms with van der Waals surface area (Å²) in [6.07, 6.45) is 0.317. The highest BCUT2D eigenvalue weighted by Gasteiger charge is 2.26. The molecule has 2 atom stereocenters. The van der Waals surface area contributed by atoms with Gasteiger partial charge in [-0.05, 0) is 32.8 Å². The molecule has 0 heterocycles. The highest BCUT2D eigenvalue weighted by molar-refractivity contribution is 7.84. The lowest BCUT2D eigenvalue weighted by Crippen LogP contribution is -2.45. The maximum absolute atomic E-state index is 11.9. The van der Waals surface area contributed by atoms with Crippen LogP contribution in [0.4, 0.5) is 0 Å². The van der Waals surface area contributed by atoms with E-state index in [0.29, 0.717) is 6.42 Å². The molecule has 0 fully saturated rings. The number of aliphatic carboxylic acids is 1. The van der Waals surface area contributed by atoms with Gasteiger partial charge in [0, 0.05) is 0 Å². The third kappa shape index (κ3) is 4.58. The van der Waals surface area contributed by atoms with Crippen molar-refractivity contribution < 1.29 is 14.1 Å². The van der Waals surface area contributed by atoms with Gasteiger partial charge in [0.05, 0.1) is 15.7 Å². The van der Waals surface area contributed by atoms with Gasteiger partial charge >= 0.3 is 5.97 Å². The van der Waals surface area contributed by atoms with Gasteiger partial charge in [-0.3, -0.25) is 4.79 Å². The SMILES string of the molecule is CC(C)(C)S(=O)N[C@@H](Cc1ccccc1)C(=O)O. The molecule has 1 unspecified atom stereocenters. The number of carboxylic acid groups (broad SMARTS) is 1. The molecule has 0 aliphatic carbocycles. The van der Waals surface area contributed by atoms with E-state index >= 15 is 0 Å². The van der Waals surface area contributed by atoms with Crippen LogP contribution in [0.1, 0.15) is 26.3 Å². The first-order valence-corrected chi connectivity index (χ1v) is 6.90. The first-order valence-electron chi connectivity index (χ1n) is 5.75. The minimum atomic E-state index is -1.39. The van der Waals surface area contributed by atoms with E-state index in [4.69, 9.17) is 5.11 Å². The fraction of sp³-hybridized carbons (Fsp3) is 0.462. The van der Waals surface area contributed by atoms with Crippen molar-refractivity contribution in [2.45, 2.75) is 38.0 Å². The minimum Gasteiger partial charge on any atom is -0.480 e. The molecule has 1 aromatic carbocycles. The van der Waals surface area contributed by atoms with Gasteiger partial charge in [0.25, 0.3) is 0 Å². The largest absolute Gasteiger partial charge is 0.480 e. The fourth-order valence-corrected chi connectivity index (χ4v) is 2.13. The molecule has 1 aromatic rings. The highest BCUT2D eigenvalue weighted by Crippen LogP contribution is 2.11. The minimum absolute atomic E-state index is 0.317. The molecule has 0 aromatic heterocycles. The Hall–Kier alpha value is -1.20. The summed E-state index contributed by atoms with van der Waals surface area (Å²) >= 11 is 0. The van der Waals surface area contributed by atoms with Gasteiger partial charge in [0.1, 0.15) is 6.04 Å². The molecule has 5 heteroatoms. The zero-order chi connectivity index (χ0) is 13.8. The van der Waals surface area contributed by atoms with E-state index in [1.807, 2.05) is 30.3 Å². The first-order chi connectivity index (χ1) is 8.30. The number of carboxylic acids is 1. The van der Waals surface area contributed by atoms with Crippen molar-refractivity contribution in [2.75, 3.05) is 0 Å². The maximum Gasteiger partial charge on any atom is 0.321 e. The summed E-state index contributed by atoms with van der Waals surface area (Å²) in [5.74, 6) is -0.989. The van der Waals surface area contributed by atoms with Gasteiger partial charge in [0.15, 0.2) is 0 Å². The van der Waals surface area contributed by atoms with Crippen LogP contribution < -0.4 is 4.72 Å². The van der Waals surface area contributed by atoms with Crippen molar-refractivity contribution in [3.63, 3.8) is 0 Å². The van der Waals surface area contributed by atoms with Crippen LogP contribution in [0.3, 0.4) is 0 Å². The Morgan fingerprint density at radius 1 is 1.33 bits per heavy atom. The summed E-state index contributed by atoms with van der Waals surface area (Å²) in [5.41, 5.74) is 0.906. The molecule has 0 radical (unpaired) electrons. The van der Waals surface area contributed by atoms with Crippen molar-refractivity contribution in [1.82, 2.24) is 4.72 Å². The van der Waals surface area contributed by atoms with Crippen LogP contribution in [0.25, 0.3) is 0 Å². The summed E-state index contributed by atoms with van der Waals surface area (Å²) in [6.45, 7) is 5.41. The van der Waals surface area contributed by atoms with E-state index in [1.165, 1.54) is 0 Å². The molecular formula is C13H19NO3S. The van der Waals surface area contributed by atoms with Crippen LogP contribution in [0.15, 0.2) is 30.3 Å². The zero-order valence-electron chi connectivity index (χ0n) is 10.8. The Labute approximate surface area is 110 Å². The van der Waals surface area contributed by atoms with Crippen LogP contribution >= 0.6 is 0 Å². The van der Waals surface area contributed by atoms with E-state index in [-0.39, 0.29) is 0 Å². The molecule has 2 N–H and O–H groups in total. The molecule has 1 rings (SSSR count). The Morgan fingerprint density at radius 2 is 1.89 bits per heavy atom. The number of rotatable bonds is 5. The second kappa shape index (κ2) is 6.11. The quantitative estimate of drug-likeness (QED) is 0.855. The topological polar surface area (TPSA) is 66.4 Å². The molecule has 18 heavy (non-hydrogen) atoms. The zero-order valence-corrected chi connectivity index (χ0v) is 11.7.